The van der Waals surface area contributed by atoms with E-state index in [-0.39, 0.29) is 18.1 Å². The zero-order valence-electron chi connectivity index (χ0n) is 15.0. The predicted molar refractivity (Wildman–Crippen MR) is 103 cm³/mol. The quantitative estimate of drug-likeness (QED) is 0.539. The zero-order valence-corrected chi connectivity index (χ0v) is 15.8. The highest BCUT2D eigenvalue weighted by Crippen LogP contribution is 2.25. The van der Waals surface area contributed by atoms with Crippen LogP contribution >= 0.6 is 11.3 Å². The van der Waals surface area contributed by atoms with Crippen LogP contribution in [0.25, 0.3) is 10.8 Å². The number of imidazole rings is 1. The Morgan fingerprint density at radius 1 is 1.36 bits per heavy atom. The van der Waals surface area contributed by atoms with Crippen molar-refractivity contribution >= 4 is 17.2 Å². The number of rotatable bonds is 6. The molecule has 0 saturated carbocycles. The van der Waals surface area contributed by atoms with Gasteiger partial charge in [0.05, 0.1) is 18.4 Å². The lowest BCUT2D eigenvalue weighted by molar-refractivity contribution is -0.121. The minimum absolute atomic E-state index is 0.105. The van der Waals surface area contributed by atoms with Crippen molar-refractivity contribution in [3.05, 3.63) is 83.3 Å². The lowest BCUT2D eigenvalue weighted by Crippen LogP contribution is -2.32. The van der Waals surface area contributed by atoms with Crippen LogP contribution in [0.3, 0.4) is 0 Å². The molecule has 4 aromatic rings. The SMILES string of the molecule is Cn1ccnc1C(NC(=O)Cc1csc(-c2ccco2)n1)c1cccc(F)c1. The number of nitrogens with one attached hydrogen (secondary N) is 1. The van der Waals surface area contributed by atoms with Crippen molar-refractivity contribution in [1.29, 1.82) is 0 Å². The second kappa shape index (κ2) is 7.77. The summed E-state index contributed by atoms with van der Waals surface area (Å²) in [6.45, 7) is 0. The Morgan fingerprint density at radius 2 is 2.25 bits per heavy atom. The Bertz CT molecular complexity index is 1090. The van der Waals surface area contributed by atoms with Crippen molar-refractivity contribution < 1.29 is 13.6 Å². The molecule has 4 rings (SSSR count). The van der Waals surface area contributed by atoms with Gasteiger partial charge in [0.2, 0.25) is 5.91 Å². The molecule has 1 aromatic carbocycles. The lowest BCUT2D eigenvalue weighted by atomic mass is 10.1. The number of carbonyl (C=O) groups is 1. The van der Waals surface area contributed by atoms with Gasteiger partial charge in [-0.3, -0.25) is 4.79 Å². The molecule has 28 heavy (non-hydrogen) atoms. The highest BCUT2D eigenvalue weighted by Gasteiger charge is 2.22. The highest BCUT2D eigenvalue weighted by molar-refractivity contribution is 7.13. The predicted octanol–water partition coefficient (Wildman–Crippen LogP) is 3.72. The van der Waals surface area contributed by atoms with Crippen LogP contribution in [0, 0.1) is 5.82 Å². The van der Waals surface area contributed by atoms with E-state index in [2.05, 4.69) is 15.3 Å². The van der Waals surface area contributed by atoms with Gasteiger partial charge in [-0.15, -0.1) is 11.3 Å². The van der Waals surface area contributed by atoms with E-state index in [9.17, 15) is 9.18 Å². The molecule has 0 aliphatic rings. The maximum Gasteiger partial charge on any atom is 0.226 e. The number of aryl methyl sites for hydroxylation is 1. The van der Waals surface area contributed by atoms with Crippen molar-refractivity contribution in [3.63, 3.8) is 0 Å². The van der Waals surface area contributed by atoms with E-state index in [1.165, 1.54) is 23.5 Å². The molecular weight excluding hydrogens is 379 g/mol. The van der Waals surface area contributed by atoms with Crippen LogP contribution in [-0.2, 0) is 18.3 Å². The van der Waals surface area contributed by atoms with E-state index >= 15 is 0 Å². The third kappa shape index (κ3) is 3.86. The fourth-order valence-electron chi connectivity index (χ4n) is 2.92. The molecule has 0 saturated heterocycles. The van der Waals surface area contributed by atoms with Gasteiger partial charge in [-0.1, -0.05) is 12.1 Å². The van der Waals surface area contributed by atoms with E-state index < -0.39 is 6.04 Å². The first-order valence-electron chi connectivity index (χ1n) is 8.60. The molecule has 6 nitrogen and oxygen atoms in total. The van der Waals surface area contributed by atoms with E-state index in [1.54, 1.807) is 41.4 Å². The van der Waals surface area contributed by atoms with Crippen molar-refractivity contribution in [2.24, 2.45) is 7.05 Å². The maximum absolute atomic E-state index is 13.7. The molecule has 1 N–H and O–H groups in total. The topological polar surface area (TPSA) is 73.0 Å². The molecule has 142 valence electrons. The Morgan fingerprint density at radius 3 is 2.96 bits per heavy atom. The maximum atomic E-state index is 13.7. The van der Waals surface area contributed by atoms with E-state index in [0.29, 0.717) is 22.8 Å². The van der Waals surface area contributed by atoms with Crippen LogP contribution in [0.15, 0.2) is 64.9 Å². The van der Waals surface area contributed by atoms with Gasteiger partial charge in [0.15, 0.2) is 10.8 Å². The molecule has 0 fully saturated rings. The van der Waals surface area contributed by atoms with Gasteiger partial charge in [0.25, 0.3) is 0 Å². The zero-order chi connectivity index (χ0) is 19.5. The standard InChI is InChI=1S/C20H17FN4O2S/c1-25-8-7-22-19(25)18(13-4-2-5-14(21)10-13)24-17(26)11-15-12-28-20(23-15)16-6-3-9-27-16/h2-10,12,18H,11H2,1H3,(H,24,26). The van der Waals surface area contributed by atoms with Gasteiger partial charge >= 0.3 is 0 Å². The third-order valence-corrected chi connectivity index (χ3v) is 5.14. The fourth-order valence-corrected chi connectivity index (χ4v) is 3.70. The van der Waals surface area contributed by atoms with Gasteiger partial charge in [0.1, 0.15) is 17.7 Å². The Balaban J connectivity index is 1.54. The summed E-state index contributed by atoms with van der Waals surface area (Å²) in [7, 11) is 1.83. The average Bonchev–Trinajstić information content (AvgIpc) is 3.41. The molecule has 0 spiro atoms. The molecule has 1 atom stereocenters. The lowest BCUT2D eigenvalue weighted by Gasteiger charge is -2.19. The molecule has 0 bridgehead atoms. The van der Waals surface area contributed by atoms with Crippen molar-refractivity contribution in [3.8, 4) is 10.8 Å². The highest BCUT2D eigenvalue weighted by atomic mass is 32.1. The van der Waals surface area contributed by atoms with Gasteiger partial charge in [-0.05, 0) is 29.8 Å². The summed E-state index contributed by atoms with van der Waals surface area (Å²) < 4.78 is 20.9. The molecule has 3 aromatic heterocycles. The van der Waals surface area contributed by atoms with Crippen molar-refractivity contribution in [2.75, 3.05) is 0 Å². The molecule has 1 amide bonds. The van der Waals surface area contributed by atoms with Gasteiger partial charge < -0.3 is 14.3 Å². The van der Waals surface area contributed by atoms with Gasteiger partial charge in [-0.25, -0.2) is 14.4 Å². The number of thiazole rings is 1. The average molecular weight is 396 g/mol. The number of nitrogens with zero attached hydrogens (tertiary/aromatic N) is 3. The van der Waals surface area contributed by atoms with Crippen molar-refractivity contribution in [2.45, 2.75) is 12.5 Å². The Hall–Kier alpha value is -3.26. The van der Waals surface area contributed by atoms with E-state index in [4.69, 9.17) is 4.42 Å². The first-order valence-corrected chi connectivity index (χ1v) is 9.48. The number of benzene rings is 1. The number of hydrogen-bond acceptors (Lipinski definition) is 5. The molecule has 8 heteroatoms. The number of amides is 1. The van der Waals surface area contributed by atoms with Crippen molar-refractivity contribution in [1.82, 2.24) is 19.9 Å². The van der Waals surface area contributed by atoms with Crippen LogP contribution in [0.5, 0.6) is 0 Å². The van der Waals surface area contributed by atoms with Crippen LogP contribution in [0.2, 0.25) is 0 Å². The first kappa shape index (κ1) is 18.1. The molecule has 0 aliphatic heterocycles. The smallest absolute Gasteiger partial charge is 0.226 e. The molecular formula is C20H17FN4O2S. The summed E-state index contributed by atoms with van der Waals surface area (Å²) in [5.41, 5.74) is 1.27. The second-order valence-corrected chi connectivity index (χ2v) is 7.11. The minimum atomic E-state index is -0.564. The number of hydrogen-bond donors (Lipinski definition) is 1. The Kier molecular flexibility index (Phi) is 5.03. The largest absolute Gasteiger partial charge is 0.462 e. The van der Waals surface area contributed by atoms with Gasteiger partial charge in [0, 0.05) is 24.8 Å². The van der Waals surface area contributed by atoms with Crippen LogP contribution in [-0.4, -0.2) is 20.4 Å². The first-order chi connectivity index (χ1) is 13.6. The number of carbonyl (C=O) groups excluding carboxylic acids is 1. The normalized spacial score (nSPS) is 12.1. The number of aromatic nitrogens is 3. The summed E-state index contributed by atoms with van der Waals surface area (Å²) in [5.74, 6) is 0.693. The van der Waals surface area contributed by atoms with Crippen LogP contribution < -0.4 is 5.32 Å². The number of halogens is 1. The Labute approximate surface area is 164 Å². The fraction of sp³-hybridized carbons (Fsp3) is 0.150. The molecule has 3 heterocycles. The van der Waals surface area contributed by atoms with E-state index in [1.807, 2.05) is 18.5 Å². The summed E-state index contributed by atoms with van der Waals surface area (Å²) in [4.78, 5) is 21.5. The molecule has 0 radical (unpaired) electrons. The summed E-state index contributed by atoms with van der Waals surface area (Å²) >= 11 is 1.42. The second-order valence-electron chi connectivity index (χ2n) is 6.25. The van der Waals surface area contributed by atoms with Crippen LogP contribution in [0.4, 0.5) is 4.39 Å². The van der Waals surface area contributed by atoms with E-state index in [0.717, 1.165) is 5.01 Å². The minimum Gasteiger partial charge on any atom is -0.462 e. The molecule has 1 unspecified atom stereocenters. The van der Waals surface area contributed by atoms with Gasteiger partial charge in [-0.2, -0.15) is 0 Å². The summed E-state index contributed by atoms with van der Waals surface area (Å²) in [6, 6.07) is 9.20. The molecule has 0 aliphatic carbocycles. The summed E-state index contributed by atoms with van der Waals surface area (Å²) in [5, 5.41) is 5.50. The summed E-state index contributed by atoms with van der Waals surface area (Å²) in [6.07, 6.45) is 5.11. The third-order valence-electron chi connectivity index (χ3n) is 4.23. The van der Waals surface area contributed by atoms with Crippen LogP contribution in [0.1, 0.15) is 23.1 Å². The number of furan rings is 1. The monoisotopic (exact) mass is 396 g/mol.